The Morgan fingerprint density at radius 1 is 0.812 bits per heavy atom. The van der Waals surface area contributed by atoms with Gasteiger partial charge in [-0.3, -0.25) is 0 Å². The zero-order valence-corrected chi connectivity index (χ0v) is 9.65. The third-order valence-corrected chi connectivity index (χ3v) is 3.57. The summed E-state index contributed by atoms with van der Waals surface area (Å²) in [7, 11) is 0. The average Bonchev–Trinajstić information content (AvgIpc) is 2.20. The van der Waals surface area contributed by atoms with Gasteiger partial charge in [0, 0.05) is 5.56 Å². The van der Waals surface area contributed by atoms with E-state index in [1.165, 1.54) is 32.1 Å². The van der Waals surface area contributed by atoms with Crippen molar-refractivity contribution in [3.63, 3.8) is 0 Å². The highest BCUT2D eigenvalue weighted by molar-refractivity contribution is 5.45. The molecule has 0 aromatic heterocycles. The van der Waals surface area contributed by atoms with Gasteiger partial charge in [0.15, 0.2) is 0 Å². The molecule has 0 heterocycles. The van der Waals surface area contributed by atoms with Gasteiger partial charge in [-0.05, 0) is 30.9 Å². The van der Waals surface area contributed by atoms with Gasteiger partial charge in [0.2, 0.25) is 0 Å². The Hall–Kier alpha value is -1.18. The van der Waals surface area contributed by atoms with Crippen LogP contribution in [0.25, 0.3) is 0 Å². The van der Waals surface area contributed by atoms with Crippen molar-refractivity contribution in [3.05, 3.63) is 23.8 Å². The van der Waals surface area contributed by atoms with Crippen LogP contribution < -0.4 is 0 Å². The number of benzene rings is 1. The molecule has 0 radical (unpaired) electrons. The van der Waals surface area contributed by atoms with Crippen molar-refractivity contribution >= 4 is 0 Å². The van der Waals surface area contributed by atoms with Crippen LogP contribution in [0.3, 0.4) is 0 Å². The van der Waals surface area contributed by atoms with Crippen molar-refractivity contribution in [2.45, 2.75) is 50.9 Å². The molecule has 0 bridgehead atoms. The molecule has 0 amide bonds. The number of hydrogen-bond donors (Lipinski definition) is 2. The van der Waals surface area contributed by atoms with Gasteiger partial charge in [0.05, 0.1) is 0 Å². The van der Waals surface area contributed by atoms with Crippen molar-refractivity contribution in [3.8, 4) is 11.5 Å². The van der Waals surface area contributed by atoms with Crippen molar-refractivity contribution in [1.29, 1.82) is 0 Å². The molecule has 16 heavy (non-hydrogen) atoms. The maximum Gasteiger partial charge on any atom is 0.122 e. The molecule has 1 aliphatic rings. The van der Waals surface area contributed by atoms with Crippen molar-refractivity contribution in [2.24, 2.45) is 0 Å². The Kier molecular flexibility index (Phi) is 3.70. The third kappa shape index (κ3) is 2.49. The number of phenolic OH excluding ortho intramolecular Hbond substituents is 2. The fourth-order valence-electron chi connectivity index (χ4n) is 2.70. The van der Waals surface area contributed by atoms with E-state index in [4.69, 9.17) is 0 Å². The smallest absolute Gasteiger partial charge is 0.122 e. The van der Waals surface area contributed by atoms with Gasteiger partial charge in [-0.1, -0.05) is 38.2 Å². The number of aromatic hydroxyl groups is 2. The summed E-state index contributed by atoms with van der Waals surface area (Å²) in [5.41, 5.74) is 0.768. The summed E-state index contributed by atoms with van der Waals surface area (Å²) in [5, 5.41) is 19.7. The van der Waals surface area contributed by atoms with Crippen LogP contribution in [-0.4, -0.2) is 10.2 Å². The summed E-state index contributed by atoms with van der Waals surface area (Å²) >= 11 is 0. The standard InChI is InChI=1S/C14H20O2/c15-12-9-6-10-13(16)14(12)11-7-4-2-1-3-5-8-11/h6,9-11,15-16H,1-5,7-8H2. The minimum atomic E-state index is 0.255. The van der Waals surface area contributed by atoms with Gasteiger partial charge in [-0.25, -0.2) is 0 Å². The summed E-state index contributed by atoms with van der Waals surface area (Å²) in [6.45, 7) is 0. The molecule has 1 aromatic carbocycles. The molecule has 1 fully saturated rings. The minimum absolute atomic E-state index is 0.255. The van der Waals surface area contributed by atoms with Crippen molar-refractivity contribution in [1.82, 2.24) is 0 Å². The first-order chi connectivity index (χ1) is 7.79. The van der Waals surface area contributed by atoms with E-state index >= 15 is 0 Å². The summed E-state index contributed by atoms with van der Waals surface area (Å²) in [6, 6.07) is 5.04. The van der Waals surface area contributed by atoms with Gasteiger partial charge in [-0.15, -0.1) is 0 Å². The van der Waals surface area contributed by atoms with Crippen molar-refractivity contribution in [2.75, 3.05) is 0 Å². The molecule has 1 saturated carbocycles. The lowest BCUT2D eigenvalue weighted by Gasteiger charge is -2.21. The predicted octanol–water partition coefficient (Wildman–Crippen LogP) is 3.93. The molecule has 88 valence electrons. The highest BCUT2D eigenvalue weighted by Crippen LogP contribution is 2.40. The quantitative estimate of drug-likeness (QED) is 0.753. The molecule has 0 saturated heterocycles. The van der Waals surface area contributed by atoms with Gasteiger partial charge < -0.3 is 10.2 Å². The Labute approximate surface area is 96.9 Å². The molecular weight excluding hydrogens is 200 g/mol. The SMILES string of the molecule is Oc1cccc(O)c1C1CCCCCCC1. The van der Waals surface area contributed by atoms with E-state index in [-0.39, 0.29) is 11.5 Å². The molecule has 1 aliphatic carbocycles. The van der Waals surface area contributed by atoms with Gasteiger partial charge in [0.25, 0.3) is 0 Å². The van der Waals surface area contributed by atoms with Crippen LogP contribution in [0.5, 0.6) is 11.5 Å². The topological polar surface area (TPSA) is 40.5 Å². The largest absolute Gasteiger partial charge is 0.508 e. The third-order valence-electron chi connectivity index (χ3n) is 3.57. The van der Waals surface area contributed by atoms with Crippen LogP contribution in [0.2, 0.25) is 0 Å². The lowest BCUT2D eigenvalue weighted by atomic mass is 9.85. The van der Waals surface area contributed by atoms with Crippen LogP contribution >= 0.6 is 0 Å². The van der Waals surface area contributed by atoms with E-state index in [0.29, 0.717) is 5.92 Å². The molecule has 2 heteroatoms. The predicted molar refractivity (Wildman–Crippen MR) is 64.8 cm³/mol. The molecule has 0 atom stereocenters. The Morgan fingerprint density at radius 2 is 1.31 bits per heavy atom. The highest BCUT2D eigenvalue weighted by atomic mass is 16.3. The Bertz CT molecular complexity index is 318. The second-order valence-electron chi connectivity index (χ2n) is 4.75. The summed E-state index contributed by atoms with van der Waals surface area (Å²) in [6.07, 6.45) is 8.49. The summed E-state index contributed by atoms with van der Waals surface area (Å²) < 4.78 is 0. The maximum absolute atomic E-state index is 9.85. The van der Waals surface area contributed by atoms with Gasteiger partial charge >= 0.3 is 0 Å². The zero-order valence-electron chi connectivity index (χ0n) is 9.65. The second-order valence-corrected chi connectivity index (χ2v) is 4.75. The Morgan fingerprint density at radius 3 is 1.88 bits per heavy atom. The van der Waals surface area contributed by atoms with E-state index in [1.54, 1.807) is 18.2 Å². The molecule has 2 N–H and O–H groups in total. The monoisotopic (exact) mass is 220 g/mol. The molecule has 0 aliphatic heterocycles. The van der Waals surface area contributed by atoms with Crippen molar-refractivity contribution < 1.29 is 10.2 Å². The fourth-order valence-corrected chi connectivity index (χ4v) is 2.70. The summed E-state index contributed by atoms with van der Waals surface area (Å²) in [5.74, 6) is 0.845. The number of rotatable bonds is 1. The Balaban J connectivity index is 2.20. The van der Waals surface area contributed by atoms with Gasteiger partial charge in [0.1, 0.15) is 11.5 Å². The first-order valence-corrected chi connectivity index (χ1v) is 6.30. The van der Waals surface area contributed by atoms with E-state index in [0.717, 1.165) is 18.4 Å². The highest BCUT2D eigenvalue weighted by Gasteiger charge is 2.19. The number of hydrogen-bond acceptors (Lipinski definition) is 2. The normalized spacial score (nSPS) is 19.0. The van der Waals surface area contributed by atoms with Crippen LogP contribution in [0.15, 0.2) is 18.2 Å². The van der Waals surface area contributed by atoms with Crippen LogP contribution in [-0.2, 0) is 0 Å². The van der Waals surface area contributed by atoms with Crippen LogP contribution in [0.1, 0.15) is 56.4 Å². The molecule has 2 nitrogen and oxygen atoms in total. The molecule has 0 unspecified atom stereocenters. The average molecular weight is 220 g/mol. The van der Waals surface area contributed by atoms with Crippen LogP contribution in [0, 0.1) is 0 Å². The minimum Gasteiger partial charge on any atom is -0.508 e. The molecule has 2 rings (SSSR count). The van der Waals surface area contributed by atoms with E-state index in [1.807, 2.05) is 0 Å². The second kappa shape index (κ2) is 5.24. The maximum atomic E-state index is 9.85. The van der Waals surface area contributed by atoms with Gasteiger partial charge in [-0.2, -0.15) is 0 Å². The molecule has 0 spiro atoms. The lowest BCUT2D eigenvalue weighted by Crippen LogP contribution is -2.03. The molecular formula is C14H20O2. The zero-order chi connectivity index (χ0) is 11.4. The van der Waals surface area contributed by atoms with Crippen LogP contribution in [0.4, 0.5) is 0 Å². The van der Waals surface area contributed by atoms with E-state index in [2.05, 4.69) is 0 Å². The number of phenols is 2. The van der Waals surface area contributed by atoms with E-state index in [9.17, 15) is 10.2 Å². The first-order valence-electron chi connectivity index (χ1n) is 6.30. The van der Waals surface area contributed by atoms with E-state index < -0.39 is 0 Å². The fraction of sp³-hybridized carbons (Fsp3) is 0.571. The first kappa shape index (κ1) is 11.3. The lowest BCUT2D eigenvalue weighted by molar-refractivity contribution is 0.398. The summed E-state index contributed by atoms with van der Waals surface area (Å²) in [4.78, 5) is 0. The molecule has 1 aromatic rings.